The zero-order valence-electron chi connectivity index (χ0n) is 15.1. The summed E-state index contributed by atoms with van der Waals surface area (Å²) < 4.78 is 0. The molecule has 0 radical (unpaired) electrons. The van der Waals surface area contributed by atoms with E-state index in [4.69, 9.17) is 0 Å². The standard InChI is InChI=1S/C19H23N3O3/c1-9-7-6-8-11-14(9)20-17(25)19(11)13-12(10(2)21-19)15(23)22(16(13)24)18(3,4)5/h6-8,10,12-13,21H,1-5H3,(H,20,25)/t10-,12-,13+,19+/m1/s1. The summed E-state index contributed by atoms with van der Waals surface area (Å²) in [5.41, 5.74) is 0.698. The highest BCUT2D eigenvalue weighted by molar-refractivity contribution is 6.15. The van der Waals surface area contributed by atoms with Crippen LogP contribution >= 0.6 is 0 Å². The number of hydrogen-bond donors (Lipinski definition) is 2. The van der Waals surface area contributed by atoms with Crippen LogP contribution in [0.1, 0.15) is 38.8 Å². The molecule has 2 fully saturated rings. The van der Waals surface area contributed by atoms with E-state index >= 15 is 0 Å². The zero-order chi connectivity index (χ0) is 18.3. The number of imide groups is 1. The van der Waals surface area contributed by atoms with Gasteiger partial charge >= 0.3 is 0 Å². The smallest absolute Gasteiger partial charge is 0.250 e. The van der Waals surface area contributed by atoms with Gasteiger partial charge in [-0.1, -0.05) is 18.2 Å². The van der Waals surface area contributed by atoms with Crippen LogP contribution in [0.4, 0.5) is 5.69 Å². The van der Waals surface area contributed by atoms with E-state index in [9.17, 15) is 14.4 Å². The number of anilines is 1. The lowest BCUT2D eigenvalue weighted by molar-refractivity contribution is -0.147. The van der Waals surface area contributed by atoms with Crippen molar-refractivity contribution < 1.29 is 14.4 Å². The average Bonchev–Trinajstić information content (AvgIpc) is 3.05. The topological polar surface area (TPSA) is 78.5 Å². The lowest BCUT2D eigenvalue weighted by atomic mass is 9.76. The number of nitrogens with one attached hydrogen (secondary N) is 2. The molecule has 0 aliphatic carbocycles. The molecule has 3 amide bonds. The number of rotatable bonds is 0. The molecule has 0 unspecified atom stereocenters. The van der Waals surface area contributed by atoms with Gasteiger partial charge in [-0.2, -0.15) is 0 Å². The third-order valence-corrected chi connectivity index (χ3v) is 5.78. The summed E-state index contributed by atoms with van der Waals surface area (Å²) in [4.78, 5) is 40.7. The summed E-state index contributed by atoms with van der Waals surface area (Å²) in [7, 11) is 0. The largest absolute Gasteiger partial charge is 0.324 e. The molecule has 6 heteroatoms. The van der Waals surface area contributed by atoms with Gasteiger partial charge in [-0.25, -0.2) is 0 Å². The van der Waals surface area contributed by atoms with Gasteiger partial charge in [-0.15, -0.1) is 0 Å². The van der Waals surface area contributed by atoms with Crippen LogP contribution < -0.4 is 10.6 Å². The molecule has 0 saturated carbocycles. The fourth-order valence-corrected chi connectivity index (χ4v) is 4.80. The molecule has 25 heavy (non-hydrogen) atoms. The summed E-state index contributed by atoms with van der Waals surface area (Å²) in [5.74, 6) is -1.92. The number of aryl methyl sites for hydroxylation is 1. The van der Waals surface area contributed by atoms with E-state index in [1.165, 1.54) is 4.90 Å². The number of hydrogen-bond acceptors (Lipinski definition) is 4. The van der Waals surface area contributed by atoms with E-state index in [0.717, 1.165) is 16.8 Å². The highest BCUT2D eigenvalue weighted by Gasteiger charge is 2.70. The molecule has 0 bridgehead atoms. The first-order valence-corrected chi connectivity index (χ1v) is 8.68. The van der Waals surface area contributed by atoms with Gasteiger partial charge in [-0.3, -0.25) is 24.6 Å². The third kappa shape index (κ3) is 1.80. The first-order chi connectivity index (χ1) is 11.6. The number of para-hydroxylation sites is 1. The SMILES string of the molecule is Cc1cccc2c1NC(=O)[C@]21N[C@H](C)[C@H]2C(=O)N(C(C)(C)C)C(=O)[C@H]21. The van der Waals surface area contributed by atoms with E-state index in [-0.39, 0.29) is 23.8 Å². The molecule has 132 valence electrons. The maximum Gasteiger partial charge on any atom is 0.250 e. The second-order valence-electron chi connectivity index (χ2n) is 8.38. The predicted octanol–water partition coefficient (Wildman–Crippen LogP) is 1.53. The highest BCUT2D eigenvalue weighted by Crippen LogP contribution is 2.54. The summed E-state index contributed by atoms with van der Waals surface area (Å²) >= 11 is 0. The van der Waals surface area contributed by atoms with Crippen LogP contribution in [0.25, 0.3) is 0 Å². The normalized spacial score (nSPS) is 33.9. The number of benzene rings is 1. The lowest BCUT2D eigenvalue weighted by Crippen LogP contribution is -2.55. The Morgan fingerprint density at radius 3 is 2.44 bits per heavy atom. The van der Waals surface area contributed by atoms with Gasteiger partial charge < -0.3 is 5.32 Å². The summed E-state index contributed by atoms with van der Waals surface area (Å²) in [6.45, 7) is 9.35. The number of fused-ring (bicyclic) bond motifs is 4. The number of carbonyl (C=O) groups excluding carboxylic acids is 3. The van der Waals surface area contributed by atoms with Crippen LogP contribution in [0.15, 0.2) is 18.2 Å². The van der Waals surface area contributed by atoms with Gasteiger partial charge in [0.25, 0.3) is 0 Å². The molecular weight excluding hydrogens is 318 g/mol. The van der Waals surface area contributed by atoms with Gasteiger partial charge in [0.1, 0.15) is 5.54 Å². The van der Waals surface area contributed by atoms with Gasteiger partial charge in [0.2, 0.25) is 17.7 Å². The van der Waals surface area contributed by atoms with E-state index in [0.29, 0.717) is 0 Å². The Labute approximate surface area is 147 Å². The van der Waals surface area contributed by atoms with E-state index in [2.05, 4.69) is 10.6 Å². The molecule has 3 aliphatic rings. The second-order valence-corrected chi connectivity index (χ2v) is 8.38. The van der Waals surface area contributed by atoms with Gasteiger partial charge in [-0.05, 0) is 40.2 Å². The van der Waals surface area contributed by atoms with Crippen molar-refractivity contribution in [2.45, 2.75) is 51.7 Å². The van der Waals surface area contributed by atoms with Crippen LogP contribution in [0.3, 0.4) is 0 Å². The van der Waals surface area contributed by atoms with Crippen molar-refractivity contribution in [3.8, 4) is 0 Å². The van der Waals surface area contributed by atoms with Crippen molar-refractivity contribution in [2.75, 3.05) is 5.32 Å². The summed E-state index contributed by atoms with van der Waals surface area (Å²) in [6.07, 6.45) is 0. The quantitative estimate of drug-likeness (QED) is 0.702. The first kappa shape index (κ1) is 16.3. The fourth-order valence-electron chi connectivity index (χ4n) is 4.80. The van der Waals surface area contributed by atoms with E-state index in [1.54, 1.807) is 0 Å². The van der Waals surface area contributed by atoms with E-state index < -0.39 is 22.9 Å². The molecule has 3 heterocycles. The molecule has 3 aliphatic heterocycles. The first-order valence-electron chi connectivity index (χ1n) is 8.68. The lowest BCUT2D eigenvalue weighted by Gasteiger charge is -2.34. The molecule has 4 atom stereocenters. The number of amides is 3. The van der Waals surface area contributed by atoms with E-state index in [1.807, 2.05) is 52.8 Å². The molecular formula is C19H23N3O3. The number of carbonyl (C=O) groups is 3. The Bertz CT molecular complexity index is 826. The maximum absolute atomic E-state index is 13.3. The maximum atomic E-state index is 13.3. The van der Waals surface area contributed by atoms with Crippen molar-refractivity contribution in [1.29, 1.82) is 0 Å². The fraction of sp³-hybridized carbons (Fsp3) is 0.526. The minimum absolute atomic E-state index is 0.187. The third-order valence-electron chi connectivity index (χ3n) is 5.78. The highest BCUT2D eigenvalue weighted by atomic mass is 16.2. The minimum Gasteiger partial charge on any atom is -0.324 e. The molecule has 4 rings (SSSR count). The van der Waals surface area contributed by atoms with Gasteiger partial charge in [0.15, 0.2) is 0 Å². The summed E-state index contributed by atoms with van der Waals surface area (Å²) in [5, 5.41) is 6.25. The Morgan fingerprint density at radius 2 is 1.80 bits per heavy atom. The minimum atomic E-state index is -1.17. The second kappa shape index (κ2) is 4.69. The molecule has 0 aromatic heterocycles. The van der Waals surface area contributed by atoms with Crippen LogP contribution in [0, 0.1) is 18.8 Å². The molecule has 1 aromatic carbocycles. The number of likely N-dealkylation sites (tertiary alicyclic amines) is 1. The molecule has 2 N–H and O–H groups in total. The molecule has 2 saturated heterocycles. The van der Waals surface area contributed by atoms with Gasteiger partial charge in [0, 0.05) is 22.8 Å². The van der Waals surface area contributed by atoms with Crippen LogP contribution in [0.5, 0.6) is 0 Å². The predicted molar refractivity (Wildman–Crippen MR) is 92.7 cm³/mol. The Kier molecular flexibility index (Phi) is 3.06. The van der Waals surface area contributed by atoms with Gasteiger partial charge in [0.05, 0.1) is 11.8 Å². The van der Waals surface area contributed by atoms with Crippen LogP contribution in [-0.2, 0) is 19.9 Å². The van der Waals surface area contributed by atoms with Crippen LogP contribution in [0.2, 0.25) is 0 Å². The molecule has 1 spiro atoms. The van der Waals surface area contributed by atoms with Crippen molar-refractivity contribution in [2.24, 2.45) is 11.8 Å². The molecule has 1 aromatic rings. The van der Waals surface area contributed by atoms with Crippen molar-refractivity contribution in [3.05, 3.63) is 29.3 Å². The van der Waals surface area contributed by atoms with Crippen molar-refractivity contribution in [3.63, 3.8) is 0 Å². The Balaban J connectivity index is 1.93. The Hall–Kier alpha value is -2.21. The van der Waals surface area contributed by atoms with Crippen molar-refractivity contribution in [1.82, 2.24) is 10.2 Å². The monoisotopic (exact) mass is 341 g/mol. The Morgan fingerprint density at radius 1 is 1.12 bits per heavy atom. The van der Waals surface area contributed by atoms with Crippen molar-refractivity contribution >= 4 is 23.4 Å². The summed E-state index contributed by atoms with van der Waals surface area (Å²) in [6, 6.07) is 5.43. The average molecular weight is 341 g/mol. The molecule has 6 nitrogen and oxygen atoms in total. The zero-order valence-corrected chi connectivity index (χ0v) is 15.1. The van der Waals surface area contributed by atoms with Crippen LogP contribution in [-0.4, -0.2) is 34.2 Å². The number of nitrogens with zero attached hydrogens (tertiary/aromatic N) is 1.